The lowest BCUT2D eigenvalue weighted by Gasteiger charge is -2.35. The fourth-order valence-corrected chi connectivity index (χ4v) is 9.51. The molecule has 7 nitrogen and oxygen atoms in total. The molecule has 1 saturated carbocycles. The fraction of sp³-hybridized carbons (Fsp3) is 0.558. The first kappa shape index (κ1) is 37.1. The number of carbonyl (C=O) groups is 3. The van der Waals surface area contributed by atoms with Crippen molar-refractivity contribution >= 4 is 34.6 Å². The van der Waals surface area contributed by atoms with E-state index in [2.05, 4.69) is 33.8 Å². The molecule has 1 N–H and O–H groups in total. The number of hydrogen-bond donors (Lipinski definition) is 1. The first-order chi connectivity index (χ1) is 24.5. The molecule has 1 unspecified atom stereocenters. The van der Waals surface area contributed by atoms with E-state index >= 15 is 0 Å². The van der Waals surface area contributed by atoms with Crippen molar-refractivity contribution in [3.05, 3.63) is 75.7 Å². The summed E-state index contributed by atoms with van der Waals surface area (Å²) in [4.78, 5) is 51.8. The third kappa shape index (κ3) is 9.24. The lowest BCUT2D eigenvalue weighted by atomic mass is 9.70. The number of benzene rings is 1. The number of aliphatic carboxylic acids is 1. The van der Waals surface area contributed by atoms with Crippen molar-refractivity contribution in [3.8, 4) is 11.4 Å². The highest BCUT2D eigenvalue weighted by Crippen LogP contribution is 2.42. The molecule has 2 aromatic heterocycles. The number of aromatic nitrogens is 2. The number of thiophene rings is 1. The van der Waals surface area contributed by atoms with E-state index in [0.29, 0.717) is 30.1 Å². The van der Waals surface area contributed by atoms with E-state index in [1.165, 1.54) is 68.3 Å². The van der Waals surface area contributed by atoms with Crippen LogP contribution in [0.2, 0.25) is 0 Å². The molecule has 3 aliphatic rings. The molecule has 1 aromatic carbocycles. The van der Waals surface area contributed by atoms with Crippen LogP contribution in [0, 0.1) is 29.6 Å². The van der Waals surface area contributed by atoms with Gasteiger partial charge in [-0.15, -0.1) is 11.3 Å². The summed E-state index contributed by atoms with van der Waals surface area (Å²) in [5.74, 6) is 1.11. The SMILES string of the molecule is CCCC1CCC(C2CC=C(c3cnc(-c4ccc(C[C@H](CC(=O)c5ccc(C(C)(C)C)s5)C(=O)N5CC[C@H](C(=O)O)C5)cc4)nc3)CC2)CC1. The molecule has 1 saturated heterocycles. The van der Waals surface area contributed by atoms with Gasteiger partial charge in [0.05, 0.1) is 10.8 Å². The normalized spacial score (nSPS) is 23.1. The number of amides is 1. The summed E-state index contributed by atoms with van der Waals surface area (Å²) in [5, 5.41) is 9.52. The Morgan fingerprint density at radius 3 is 2.24 bits per heavy atom. The maximum absolute atomic E-state index is 13.8. The zero-order valence-corrected chi connectivity index (χ0v) is 31.7. The Hall–Kier alpha value is -3.65. The monoisotopic (exact) mass is 709 g/mol. The zero-order chi connectivity index (χ0) is 36.1. The van der Waals surface area contributed by atoms with Crippen LogP contribution in [0.3, 0.4) is 0 Å². The van der Waals surface area contributed by atoms with Crippen LogP contribution < -0.4 is 0 Å². The minimum Gasteiger partial charge on any atom is -0.481 e. The number of carboxylic acid groups (broad SMARTS) is 1. The number of likely N-dealkylation sites (tertiary alicyclic amines) is 1. The number of ketones is 1. The summed E-state index contributed by atoms with van der Waals surface area (Å²) >= 11 is 1.49. The van der Waals surface area contributed by atoms with Gasteiger partial charge in [0.15, 0.2) is 11.6 Å². The van der Waals surface area contributed by atoms with Crippen molar-refractivity contribution < 1.29 is 19.5 Å². The molecule has 1 aliphatic heterocycles. The number of allylic oxidation sites excluding steroid dienone is 2. The predicted molar refractivity (Wildman–Crippen MR) is 205 cm³/mol. The van der Waals surface area contributed by atoms with Crippen LogP contribution in [-0.4, -0.2) is 50.7 Å². The summed E-state index contributed by atoms with van der Waals surface area (Å²) in [7, 11) is 0. The van der Waals surface area contributed by atoms with Gasteiger partial charge in [-0.05, 0) is 91.4 Å². The van der Waals surface area contributed by atoms with Gasteiger partial charge in [-0.3, -0.25) is 14.4 Å². The summed E-state index contributed by atoms with van der Waals surface area (Å²) < 4.78 is 0. The standard InChI is InChI=1S/C43H55N3O4S/c1-5-6-28-7-11-30(12-8-28)31-15-17-32(18-16-31)36-25-44-40(45-26-36)33-13-9-29(10-14-33)23-35(41(48)46-22-21-34(27-46)42(49)50)24-37(47)38-19-20-39(51-38)43(2,3)4/h9-10,13-14,17,19-20,25-26,28,30-31,34-35H,5-8,11-12,15-16,18,21-24,27H2,1-4H3,(H,49,50)/t28?,30?,31?,34-,35+/m0/s1. The summed E-state index contributed by atoms with van der Waals surface area (Å²) in [6.45, 7) is 9.27. The van der Waals surface area contributed by atoms with E-state index in [1.54, 1.807) is 4.90 Å². The van der Waals surface area contributed by atoms with Gasteiger partial charge in [0.25, 0.3) is 0 Å². The Bertz CT molecular complexity index is 1700. The topological polar surface area (TPSA) is 100 Å². The number of Topliss-reactive ketones (excluding diaryl/α,β-unsaturated/α-hetero) is 1. The Labute approximate surface area is 308 Å². The van der Waals surface area contributed by atoms with Crippen LogP contribution in [0.15, 0.2) is 54.9 Å². The number of nitrogens with zero attached hydrogens (tertiary/aromatic N) is 3. The molecule has 3 aromatic rings. The smallest absolute Gasteiger partial charge is 0.308 e. The number of hydrogen-bond acceptors (Lipinski definition) is 6. The number of rotatable bonds is 12. The van der Waals surface area contributed by atoms with E-state index in [-0.39, 0.29) is 30.1 Å². The van der Waals surface area contributed by atoms with Crippen LogP contribution in [0.5, 0.6) is 0 Å². The van der Waals surface area contributed by atoms with Crippen molar-refractivity contribution in [1.29, 1.82) is 0 Å². The van der Waals surface area contributed by atoms with Crippen molar-refractivity contribution in [1.82, 2.24) is 14.9 Å². The lowest BCUT2D eigenvalue weighted by molar-refractivity contribution is -0.141. The second-order valence-electron chi connectivity index (χ2n) is 16.4. The van der Waals surface area contributed by atoms with Gasteiger partial charge < -0.3 is 10.0 Å². The van der Waals surface area contributed by atoms with E-state index in [1.807, 2.05) is 48.8 Å². The molecular weight excluding hydrogens is 655 g/mol. The van der Waals surface area contributed by atoms with Crippen LogP contribution in [0.25, 0.3) is 17.0 Å². The number of carbonyl (C=O) groups excluding carboxylic acids is 2. The highest BCUT2D eigenvalue weighted by Gasteiger charge is 2.35. The molecule has 3 heterocycles. The van der Waals surface area contributed by atoms with Crippen LogP contribution in [0.4, 0.5) is 0 Å². The Kier molecular flexibility index (Phi) is 11.9. The first-order valence-electron chi connectivity index (χ1n) is 19.2. The zero-order valence-electron chi connectivity index (χ0n) is 30.9. The highest BCUT2D eigenvalue weighted by atomic mass is 32.1. The molecule has 3 atom stereocenters. The van der Waals surface area contributed by atoms with E-state index in [9.17, 15) is 19.5 Å². The van der Waals surface area contributed by atoms with Crippen LogP contribution in [0.1, 0.15) is 124 Å². The molecule has 0 spiro atoms. The third-order valence-electron chi connectivity index (χ3n) is 11.7. The Morgan fingerprint density at radius 1 is 0.922 bits per heavy atom. The largest absolute Gasteiger partial charge is 0.481 e. The minimum absolute atomic E-state index is 0.0499. The number of carboxylic acids is 1. The van der Waals surface area contributed by atoms with E-state index in [4.69, 9.17) is 9.97 Å². The van der Waals surface area contributed by atoms with Gasteiger partial charge in [-0.2, -0.15) is 0 Å². The molecule has 6 rings (SSSR count). The van der Waals surface area contributed by atoms with Crippen molar-refractivity contribution in [2.24, 2.45) is 29.6 Å². The van der Waals surface area contributed by atoms with Gasteiger partial charge in [0.1, 0.15) is 0 Å². The second-order valence-corrected chi connectivity index (χ2v) is 17.5. The van der Waals surface area contributed by atoms with Crippen LogP contribution >= 0.6 is 11.3 Å². The molecule has 51 heavy (non-hydrogen) atoms. The summed E-state index contributed by atoms with van der Waals surface area (Å²) in [5.41, 5.74) is 4.26. The van der Waals surface area contributed by atoms with Crippen molar-refractivity contribution in [2.45, 2.75) is 110 Å². The Morgan fingerprint density at radius 2 is 1.65 bits per heavy atom. The molecule has 0 bridgehead atoms. The second kappa shape index (κ2) is 16.4. The first-order valence-corrected chi connectivity index (χ1v) is 20.1. The van der Waals surface area contributed by atoms with Gasteiger partial charge in [-0.25, -0.2) is 9.97 Å². The molecule has 8 heteroatoms. The molecule has 272 valence electrons. The Balaban J connectivity index is 1.09. The van der Waals surface area contributed by atoms with Gasteiger partial charge in [-0.1, -0.05) is 83.7 Å². The maximum Gasteiger partial charge on any atom is 0.308 e. The predicted octanol–water partition coefficient (Wildman–Crippen LogP) is 9.66. The average Bonchev–Trinajstić information content (AvgIpc) is 3.84. The summed E-state index contributed by atoms with van der Waals surface area (Å²) in [6.07, 6.45) is 19.1. The molecular formula is C43H55N3O4S. The van der Waals surface area contributed by atoms with Gasteiger partial charge in [0, 0.05) is 53.8 Å². The molecule has 1 amide bonds. The molecule has 2 aliphatic carbocycles. The van der Waals surface area contributed by atoms with Gasteiger partial charge in [0.2, 0.25) is 5.91 Å². The molecule has 0 radical (unpaired) electrons. The van der Waals surface area contributed by atoms with Gasteiger partial charge >= 0.3 is 5.97 Å². The highest BCUT2D eigenvalue weighted by molar-refractivity contribution is 7.14. The van der Waals surface area contributed by atoms with Crippen molar-refractivity contribution in [2.75, 3.05) is 13.1 Å². The molecule has 2 fully saturated rings. The quantitative estimate of drug-likeness (QED) is 0.188. The average molecular weight is 710 g/mol. The lowest BCUT2D eigenvalue weighted by Crippen LogP contribution is -2.37. The fourth-order valence-electron chi connectivity index (χ4n) is 8.50. The van der Waals surface area contributed by atoms with Crippen molar-refractivity contribution in [3.63, 3.8) is 0 Å². The van der Waals surface area contributed by atoms with E-state index in [0.717, 1.165) is 45.7 Å². The van der Waals surface area contributed by atoms with Crippen LogP contribution in [-0.2, 0) is 21.4 Å². The third-order valence-corrected chi connectivity index (χ3v) is 13.2. The minimum atomic E-state index is -0.878. The maximum atomic E-state index is 13.8. The summed E-state index contributed by atoms with van der Waals surface area (Å²) in [6, 6.07) is 11.8. The van der Waals surface area contributed by atoms with E-state index < -0.39 is 17.8 Å².